The Morgan fingerprint density at radius 1 is 0.411 bits per heavy atom. The quantitative estimate of drug-likeness (QED) is 0.0466. The van der Waals surface area contributed by atoms with Crippen LogP contribution >= 0.6 is 45.3 Å². The highest BCUT2D eigenvalue weighted by Crippen LogP contribution is 2.35. The number of ether oxygens (including phenoxy) is 12. The van der Waals surface area contributed by atoms with E-state index in [0.717, 1.165) is 29.5 Å². The van der Waals surface area contributed by atoms with E-state index in [1.54, 1.807) is 59.6 Å². The van der Waals surface area contributed by atoms with Gasteiger partial charge in [-0.25, -0.2) is 9.97 Å². The fourth-order valence-corrected chi connectivity index (χ4v) is 7.82. The lowest BCUT2D eigenvalue weighted by Crippen LogP contribution is -2.14. The summed E-state index contributed by atoms with van der Waals surface area (Å²) in [4.78, 5) is 13.8. The third kappa shape index (κ3) is 20.3. The van der Waals surface area contributed by atoms with Gasteiger partial charge in [-0.05, 0) is 36.4 Å². The molecule has 0 saturated carbocycles. The molecule has 4 rings (SSSR count). The topological polar surface area (TPSA) is 137 Å². The second-order valence-electron chi connectivity index (χ2n) is 11.3. The van der Waals surface area contributed by atoms with Crippen LogP contribution in [0.5, 0.6) is 11.8 Å². The fourth-order valence-electron chi connectivity index (χ4n) is 4.37. The van der Waals surface area contributed by atoms with Gasteiger partial charge in [-0.1, -0.05) is 0 Å². The van der Waals surface area contributed by atoms with Crippen molar-refractivity contribution >= 4 is 57.5 Å². The molecule has 0 fully saturated rings. The highest BCUT2D eigenvalue weighted by atomic mass is 32.1. The standard InChI is InChI=1S/C38H54N2O12S4/c1-41-9-11-43-13-15-45-17-19-47-21-23-49-25-27-51-35-29-53-37(39-35)33-7-5-31(55-33)3-4-32-6-8-34(56-32)38-40-36(30-54-38)52-28-26-50-24-22-48-20-18-46-16-14-44-12-10-42-2/h3-8,29-30H,9-28H2,1-2H3/b4-3+. The Labute approximate surface area is 345 Å². The first kappa shape index (κ1) is 46.3. The molecule has 0 amide bonds. The Bertz CT molecular complexity index is 1450. The van der Waals surface area contributed by atoms with Crippen LogP contribution in [0.2, 0.25) is 0 Å². The van der Waals surface area contributed by atoms with Gasteiger partial charge in [0.25, 0.3) is 0 Å². The van der Waals surface area contributed by atoms with Crippen molar-refractivity contribution in [3.8, 4) is 31.5 Å². The molecular weight excluding hydrogens is 805 g/mol. The molecule has 0 N–H and O–H groups in total. The molecule has 0 radical (unpaired) electrons. The molecule has 0 spiro atoms. The third-order valence-corrected chi connectivity index (χ3v) is 11.2. The van der Waals surface area contributed by atoms with E-state index in [9.17, 15) is 0 Å². The normalized spacial score (nSPS) is 11.7. The number of thiophene rings is 2. The Morgan fingerprint density at radius 3 is 1.04 bits per heavy atom. The first-order chi connectivity index (χ1) is 27.7. The predicted octanol–water partition coefficient (Wildman–Crippen LogP) is 6.41. The minimum Gasteiger partial charge on any atom is -0.475 e. The van der Waals surface area contributed by atoms with Gasteiger partial charge in [0.2, 0.25) is 11.8 Å². The van der Waals surface area contributed by atoms with Crippen LogP contribution in [0.4, 0.5) is 0 Å². The van der Waals surface area contributed by atoms with Gasteiger partial charge >= 0.3 is 0 Å². The van der Waals surface area contributed by atoms with Crippen LogP contribution in [0, 0.1) is 0 Å². The SMILES string of the molecule is COCCOCCOCCOCCOCCOc1csc(-c2ccc(/C=C/c3ccc(-c4nc(OCCOCCOCCOCCOCCOC)cs4)s3)s2)n1. The zero-order valence-electron chi connectivity index (χ0n) is 32.2. The highest BCUT2D eigenvalue weighted by Gasteiger charge is 2.10. The number of nitrogens with zero attached hydrogens (tertiary/aromatic N) is 2. The van der Waals surface area contributed by atoms with E-state index in [1.165, 1.54) is 0 Å². The van der Waals surface area contributed by atoms with Crippen molar-refractivity contribution in [2.24, 2.45) is 0 Å². The maximum absolute atomic E-state index is 5.79. The molecule has 312 valence electrons. The summed E-state index contributed by atoms with van der Waals surface area (Å²) in [6, 6.07) is 8.40. The van der Waals surface area contributed by atoms with Crippen LogP contribution in [0.1, 0.15) is 9.75 Å². The average molecular weight is 859 g/mol. The molecule has 4 heterocycles. The average Bonchev–Trinajstić information content (AvgIpc) is 4.05. The van der Waals surface area contributed by atoms with E-state index < -0.39 is 0 Å². The summed E-state index contributed by atoms with van der Waals surface area (Å²) in [5.74, 6) is 1.20. The molecule has 18 heteroatoms. The second-order valence-corrected chi connectivity index (χ2v) is 15.2. The number of hydrogen-bond donors (Lipinski definition) is 0. The minimum absolute atomic E-state index is 0.420. The first-order valence-corrected chi connectivity index (χ1v) is 21.8. The lowest BCUT2D eigenvalue weighted by Gasteiger charge is -2.07. The summed E-state index contributed by atoms with van der Waals surface area (Å²) in [6.45, 7) is 10.3. The maximum atomic E-state index is 5.79. The van der Waals surface area contributed by atoms with Crippen molar-refractivity contribution in [2.75, 3.05) is 146 Å². The van der Waals surface area contributed by atoms with E-state index in [2.05, 4.69) is 46.4 Å². The number of thiazole rings is 2. The van der Waals surface area contributed by atoms with Crippen LogP contribution in [-0.2, 0) is 47.4 Å². The van der Waals surface area contributed by atoms with Crippen LogP contribution in [0.25, 0.3) is 31.9 Å². The number of rotatable bonds is 36. The van der Waals surface area contributed by atoms with E-state index in [1.807, 2.05) is 10.8 Å². The van der Waals surface area contributed by atoms with Crippen molar-refractivity contribution in [1.82, 2.24) is 9.97 Å². The fraction of sp³-hybridized carbons (Fsp3) is 0.579. The molecule has 14 nitrogen and oxygen atoms in total. The van der Waals surface area contributed by atoms with E-state index >= 15 is 0 Å². The van der Waals surface area contributed by atoms with Crippen molar-refractivity contribution in [3.05, 3.63) is 44.8 Å². The summed E-state index contributed by atoms with van der Waals surface area (Å²) in [5.41, 5.74) is 0. The summed E-state index contributed by atoms with van der Waals surface area (Å²) >= 11 is 6.51. The number of hydrogen-bond acceptors (Lipinski definition) is 18. The molecule has 0 aliphatic rings. The minimum atomic E-state index is 0.420. The van der Waals surface area contributed by atoms with Gasteiger partial charge in [-0.15, -0.1) is 45.3 Å². The Morgan fingerprint density at radius 2 is 0.714 bits per heavy atom. The number of methoxy groups -OCH3 is 2. The smallest absolute Gasteiger partial charge is 0.225 e. The molecule has 4 aromatic heterocycles. The van der Waals surface area contributed by atoms with Gasteiger partial charge < -0.3 is 56.8 Å². The molecule has 0 aliphatic heterocycles. The lowest BCUT2D eigenvalue weighted by atomic mass is 10.3. The van der Waals surface area contributed by atoms with Gasteiger partial charge in [0.1, 0.15) is 23.2 Å². The Kier molecular flexibility index (Phi) is 25.3. The molecular formula is C38H54N2O12S4. The van der Waals surface area contributed by atoms with Crippen LogP contribution in [0.3, 0.4) is 0 Å². The molecule has 0 saturated heterocycles. The summed E-state index contributed by atoms with van der Waals surface area (Å²) in [5, 5.41) is 5.70. The van der Waals surface area contributed by atoms with E-state index in [-0.39, 0.29) is 0 Å². The Balaban J connectivity index is 1.02. The largest absolute Gasteiger partial charge is 0.475 e. The van der Waals surface area contributed by atoms with Crippen LogP contribution in [0.15, 0.2) is 35.0 Å². The van der Waals surface area contributed by atoms with Gasteiger partial charge in [0.05, 0.1) is 139 Å². The zero-order valence-corrected chi connectivity index (χ0v) is 35.5. The summed E-state index contributed by atoms with van der Waals surface area (Å²) < 4.78 is 65.2. The predicted molar refractivity (Wildman–Crippen MR) is 221 cm³/mol. The van der Waals surface area contributed by atoms with Crippen molar-refractivity contribution in [3.63, 3.8) is 0 Å². The lowest BCUT2D eigenvalue weighted by molar-refractivity contribution is -0.00986. The van der Waals surface area contributed by atoms with Gasteiger partial charge in [-0.3, -0.25) is 0 Å². The van der Waals surface area contributed by atoms with Gasteiger partial charge in [0, 0.05) is 24.0 Å². The molecule has 0 aliphatic carbocycles. The maximum Gasteiger partial charge on any atom is 0.225 e. The molecule has 0 atom stereocenters. The first-order valence-electron chi connectivity index (χ1n) is 18.4. The monoisotopic (exact) mass is 858 g/mol. The molecule has 56 heavy (non-hydrogen) atoms. The van der Waals surface area contributed by atoms with Crippen molar-refractivity contribution in [1.29, 1.82) is 0 Å². The Hall–Kier alpha value is -2.40. The summed E-state index contributed by atoms with van der Waals surface area (Å²) in [7, 11) is 3.30. The van der Waals surface area contributed by atoms with Crippen LogP contribution < -0.4 is 9.47 Å². The number of aromatic nitrogens is 2. The molecule has 4 aromatic rings. The van der Waals surface area contributed by atoms with E-state index in [0.29, 0.717) is 144 Å². The van der Waals surface area contributed by atoms with Gasteiger partial charge in [-0.2, -0.15) is 0 Å². The van der Waals surface area contributed by atoms with Crippen molar-refractivity contribution < 1.29 is 56.8 Å². The third-order valence-electron chi connectivity index (χ3n) is 7.10. The second kappa shape index (κ2) is 30.6. The van der Waals surface area contributed by atoms with Gasteiger partial charge in [0.15, 0.2) is 0 Å². The van der Waals surface area contributed by atoms with E-state index in [4.69, 9.17) is 56.8 Å². The molecule has 0 bridgehead atoms. The highest BCUT2D eigenvalue weighted by molar-refractivity contribution is 7.22. The molecule has 0 unspecified atom stereocenters. The summed E-state index contributed by atoms with van der Waals surface area (Å²) in [6.07, 6.45) is 4.25. The van der Waals surface area contributed by atoms with Crippen molar-refractivity contribution in [2.45, 2.75) is 0 Å². The molecule has 0 aromatic carbocycles. The van der Waals surface area contributed by atoms with Crippen LogP contribution in [-0.4, -0.2) is 156 Å². The zero-order chi connectivity index (χ0) is 39.1.